The molecule has 20 heavy (non-hydrogen) atoms. The van der Waals surface area contributed by atoms with Gasteiger partial charge in [0.25, 0.3) is 0 Å². The first kappa shape index (κ1) is 17.9. The fraction of sp³-hybridized carbons (Fsp3) is 0.375. The molecule has 0 fully saturated rings. The molecule has 0 saturated heterocycles. The van der Waals surface area contributed by atoms with E-state index in [0.717, 1.165) is 6.08 Å². The first-order chi connectivity index (χ1) is 9.56. The highest BCUT2D eigenvalue weighted by molar-refractivity contribution is 5.92. The number of nitrogens with two attached hydrogens (primary N) is 1. The Morgan fingerprint density at radius 2 is 1.75 bits per heavy atom. The molecular weight excluding hydrogens is 254 g/mol. The molecule has 0 aliphatic heterocycles. The van der Waals surface area contributed by atoms with Crippen molar-refractivity contribution in [3.05, 3.63) is 48.0 Å². The zero-order valence-corrected chi connectivity index (χ0v) is 11.9. The Morgan fingerprint density at radius 1 is 1.10 bits per heavy atom. The Bertz CT molecular complexity index is 397. The number of aryl methyl sites for hydroxylation is 1. The maximum atomic E-state index is 9.78. The van der Waals surface area contributed by atoms with Crippen LogP contribution in [-0.2, 0) is 16.0 Å². The Morgan fingerprint density at radius 3 is 2.20 bits per heavy atom. The second kappa shape index (κ2) is 12.0. The number of benzene rings is 1. The van der Waals surface area contributed by atoms with Crippen LogP contribution in [0.5, 0.6) is 0 Å². The van der Waals surface area contributed by atoms with Crippen LogP contribution in [0.25, 0.3) is 0 Å². The van der Waals surface area contributed by atoms with Crippen molar-refractivity contribution in [3.63, 3.8) is 0 Å². The lowest BCUT2D eigenvalue weighted by atomic mass is 10.1. The number of carboxylic acids is 1. The summed E-state index contributed by atoms with van der Waals surface area (Å²) in [5.74, 6) is -1.93. The van der Waals surface area contributed by atoms with Gasteiger partial charge in [-0.1, -0.05) is 56.5 Å². The number of carbonyl (C=O) groups excluding carboxylic acids is 1. The minimum Gasteiger partial charge on any atom is -0.478 e. The molecule has 0 bridgehead atoms. The summed E-state index contributed by atoms with van der Waals surface area (Å²) in [4.78, 5) is 19.4. The van der Waals surface area contributed by atoms with Gasteiger partial charge in [0.2, 0.25) is 5.91 Å². The van der Waals surface area contributed by atoms with Crippen LogP contribution < -0.4 is 5.73 Å². The third-order valence-corrected chi connectivity index (χ3v) is 2.55. The zero-order chi connectivity index (χ0) is 15.2. The number of primary amides is 1. The van der Waals surface area contributed by atoms with Gasteiger partial charge in [0.1, 0.15) is 0 Å². The first-order valence-electron chi connectivity index (χ1n) is 6.80. The standard InChI is InChI=1S/C12H18.C4H5NO3/c1-2-3-4-6-9-12-10-7-5-8-11-12;5-3(6)1-2-4(7)8/h5,7-8,10-11H,2-4,6,9H2,1H3;1-2H,(H2,5,6)(H,7,8)/b;2-1-. The van der Waals surface area contributed by atoms with Gasteiger partial charge in [0, 0.05) is 12.2 Å². The molecule has 0 saturated carbocycles. The van der Waals surface area contributed by atoms with Crippen LogP contribution in [0, 0.1) is 0 Å². The average Bonchev–Trinajstić information content (AvgIpc) is 2.43. The number of carboxylic acid groups (broad SMARTS) is 1. The molecule has 0 heterocycles. The summed E-state index contributed by atoms with van der Waals surface area (Å²) < 4.78 is 0. The Balaban J connectivity index is 0.000000396. The van der Waals surface area contributed by atoms with Crippen molar-refractivity contribution in [2.45, 2.75) is 39.0 Å². The highest BCUT2D eigenvalue weighted by Gasteiger charge is 1.90. The quantitative estimate of drug-likeness (QED) is 0.594. The Hall–Kier alpha value is -2.10. The molecule has 0 atom stereocenters. The predicted octanol–water partition coefficient (Wildman–Crippen LogP) is 2.92. The number of hydrogen-bond acceptors (Lipinski definition) is 2. The maximum Gasteiger partial charge on any atom is 0.328 e. The molecule has 110 valence electrons. The van der Waals surface area contributed by atoms with Gasteiger partial charge in [-0.3, -0.25) is 4.79 Å². The SMILES string of the molecule is CCCCCCc1ccccc1.NC(=O)/C=C\C(=O)O. The summed E-state index contributed by atoms with van der Waals surface area (Å²) in [6.45, 7) is 2.25. The molecule has 1 aromatic carbocycles. The van der Waals surface area contributed by atoms with E-state index in [1.54, 1.807) is 0 Å². The molecule has 0 radical (unpaired) electrons. The van der Waals surface area contributed by atoms with Gasteiger partial charge in [0.05, 0.1) is 0 Å². The van der Waals surface area contributed by atoms with E-state index < -0.39 is 11.9 Å². The van der Waals surface area contributed by atoms with Gasteiger partial charge in [-0.05, 0) is 18.4 Å². The van der Waals surface area contributed by atoms with Crippen molar-refractivity contribution < 1.29 is 14.7 Å². The summed E-state index contributed by atoms with van der Waals surface area (Å²) in [6.07, 6.45) is 8.15. The normalized spacial score (nSPS) is 9.85. The molecule has 4 heteroatoms. The second-order valence-electron chi connectivity index (χ2n) is 4.37. The summed E-state index contributed by atoms with van der Waals surface area (Å²) in [7, 11) is 0. The lowest BCUT2D eigenvalue weighted by Gasteiger charge is -1.99. The van der Waals surface area contributed by atoms with E-state index in [1.807, 2.05) is 0 Å². The maximum absolute atomic E-state index is 9.78. The van der Waals surface area contributed by atoms with Crippen LogP contribution in [0.2, 0.25) is 0 Å². The molecule has 1 aromatic rings. The molecular formula is C16H23NO3. The Kier molecular flexibility index (Phi) is 10.7. The van der Waals surface area contributed by atoms with Crippen LogP contribution in [-0.4, -0.2) is 17.0 Å². The van der Waals surface area contributed by atoms with Crippen molar-refractivity contribution in [2.75, 3.05) is 0 Å². The van der Waals surface area contributed by atoms with Gasteiger partial charge in [-0.25, -0.2) is 4.79 Å². The minimum atomic E-state index is -1.18. The van der Waals surface area contributed by atoms with Gasteiger partial charge >= 0.3 is 5.97 Å². The minimum absolute atomic E-state index is 0.683. The van der Waals surface area contributed by atoms with Crippen LogP contribution in [0.4, 0.5) is 0 Å². The fourth-order valence-corrected chi connectivity index (χ4v) is 1.55. The molecule has 0 spiro atoms. The van der Waals surface area contributed by atoms with E-state index in [4.69, 9.17) is 5.11 Å². The van der Waals surface area contributed by atoms with Crippen molar-refractivity contribution in [3.8, 4) is 0 Å². The van der Waals surface area contributed by atoms with E-state index in [1.165, 1.54) is 37.7 Å². The fourth-order valence-electron chi connectivity index (χ4n) is 1.55. The van der Waals surface area contributed by atoms with Crippen LogP contribution >= 0.6 is 0 Å². The summed E-state index contributed by atoms with van der Waals surface area (Å²) >= 11 is 0. The van der Waals surface area contributed by atoms with E-state index >= 15 is 0 Å². The summed E-state index contributed by atoms with van der Waals surface area (Å²) in [5, 5.41) is 7.87. The van der Waals surface area contributed by atoms with E-state index in [9.17, 15) is 9.59 Å². The monoisotopic (exact) mass is 277 g/mol. The zero-order valence-electron chi connectivity index (χ0n) is 11.9. The molecule has 4 nitrogen and oxygen atoms in total. The van der Waals surface area contributed by atoms with E-state index in [-0.39, 0.29) is 0 Å². The highest BCUT2D eigenvalue weighted by atomic mass is 16.4. The first-order valence-corrected chi connectivity index (χ1v) is 6.80. The highest BCUT2D eigenvalue weighted by Crippen LogP contribution is 2.06. The number of hydrogen-bond donors (Lipinski definition) is 2. The third kappa shape index (κ3) is 12.4. The molecule has 0 unspecified atom stereocenters. The average molecular weight is 277 g/mol. The van der Waals surface area contributed by atoms with Crippen LogP contribution in [0.3, 0.4) is 0 Å². The number of aliphatic carboxylic acids is 1. The predicted molar refractivity (Wildman–Crippen MR) is 80.3 cm³/mol. The molecule has 0 aromatic heterocycles. The van der Waals surface area contributed by atoms with Crippen molar-refractivity contribution in [1.82, 2.24) is 0 Å². The largest absolute Gasteiger partial charge is 0.478 e. The van der Waals surface area contributed by atoms with E-state index in [0.29, 0.717) is 6.08 Å². The molecule has 1 rings (SSSR count). The number of carbonyl (C=O) groups is 2. The van der Waals surface area contributed by atoms with Gasteiger partial charge in [0.15, 0.2) is 0 Å². The smallest absolute Gasteiger partial charge is 0.328 e. The molecule has 0 aliphatic rings. The molecule has 1 amide bonds. The van der Waals surface area contributed by atoms with Crippen LogP contribution in [0.1, 0.15) is 38.2 Å². The topological polar surface area (TPSA) is 80.4 Å². The second-order valence-corrected chi connectivity index (χ2v) is 4.37. The lowest BCUT2D eigenvalue weighted by Crippen LogP contribution is -2.06. The van der Waals surface area contributed by atoms with Crippen LogP contribution in [0.15, 0.2) is 42.5 Å². The Labute approximate surface area is 120 Å². The molecule has 0 aliphatic carbocycles. The van der Waals surface area contributed by atoms with Crippen molar-refractivity contribution in [1.29, 1.82) is 0 Å². The lowest BCUT2D eigenvalue weighted by molar-refractivity contribution is -0.131. The van der Waals surface area contributed by atoms with E-state index in [2.05, 4.69) is 43.0 Å². The summed E-state index contributed by atoms with van der Waals surface area (Å²) in [5.41, 5.74) is 6.03. The van der Waals surface area contributed by atoms with Gasteiger partial charge in [-0.2, -0.15) is 0 Å². The van der Waals surface area contributed by atoms with Crippen molar-refractivity contribution >= 4 is 11.9 Å². The van der Waals surface area contributed by atoms with Gasteiger partial charge in [-0.15, -0.1) is 0 Å². The third-order valence-electron chi connectivity index (χ3n) is 2.55. The molecule has 3 N–H and O–H groups in total. The number of rotatable bonds is 7. The number of amides is 1. The van der Waals surface area contributed by atoms with Gasteiger partial charge < -0.3 is 10.8 Å². The number of unbranched alkanes of at least 4 members (excludes halogenated alkanes) is 3. The summed E-state index contributed by atoms with van der Waals surface area (Å²) in [6, 6.07) is 10.7. The van der Waals surface area contributed by atoms with Crippen molar-refractivity contribution in [2.24, 2.45) is 5.73 Å².